The largest absolute Gasteiger partial charge is 0.435 e. The second-order valence-corrected chi connectivity index (χ2v) is 22.0. The standard InChI is InChI=1S/C32H45N3O9Si2/c1-19(2)45(20(3)4)41-17-26-28(43-46(44-45,21(5)6)22(7)8)29(30(42-26)35-16-14-27(36)34-32(35)38)39-18-40-31(37)24-13-15-33-25-12-10-9-11-23(24)25/h9-16,19-22,26,28-30H,17-18H2,1-8H3,(H,34,36,38)/t26-,28-,29-,30-/m1/s1. The number of pyridine rings is 1. The molecule has 3 aromatic rings. The van der Waals surface area contributed by atoms with Crippen molar-refractivity contribution in [1.82, 2.24) is 14.5 Å². The fraction of sp³-hybridized carbons (Fsp3) is 0.562. The van der Waals surface area contributed by atoms with E-state index in [0.717, 1.165) is 0 Å². The summed E-state index contributed by atoms with van der Waals surface area (Å²) in [6.45, 7) is 16.7. The number of carbonyl (C=O) groups excluding carboxylic acids is 1. The Hall–Kier alpha value is -2.99. The lowest BCUT2D eigenvalue weighted by Crippen LogP contribution is -2.66. The Bertz CT molecular complexity index is 1640. The quantitative estimate of drug-likeness (QED) is 0.185. The van der Waals surface area contributed by atoms with Gasteiger partial charge in [0.05, 0.1) is 17.7 Å². The summed E-state index contributed by atoms with van der Waals surface area (Å²) < 4.78 is 41.0. The van der Waals surface area contributed by atoms with E-state index in [9.17, 15) is 14.4 Å². The summed E-state index contributed by atoms with van der Waals surface area (Å²) in [4.78, 5) is 44.8. The van der Waals surface area contributed by atoms with Gasteiger partial charge in [0.2, 0.25) is 0 Å². The molecule has 1 aromatic carbocycles. The molecule has 0 saturated carbocycles. The summed E-state index contributed by atoms with van der Waals surface area (Å²) in [5.74, 6) is -0.588. The number of nitrogens with zero attached hydrogens (tertiary/aromatic N) is 2. The van der Waals surface area contributed by atoms with E-state index in [0.29, 0.717) is 16.5 Å². The summed E-state index contributed by atoms with van der Waals surface area (Å²) in [7, 11) is -5.95. The number of aromatic nitrogens is 3. The van der Waals surface area contributed by atoms with Crippen molar-refractivity contribution in [2.75, 3.05) is 13.4 Å². The lowest BCUT2D eigenvalue weighted by molar-refractivity contribution is -0.122. The Balaban J connectivity index is 1.51. The highest BCUT2D eigenvalue weighted by atomic mass is 28.5. The lowest BCUT2D eigenvalue weighted by Gasteiger charge is -2.51. The fourth-order valence-electron chi connectivity index (χ4n) is 6.67. The number of carbonyl (C=O) groups is 1. The highest BCUT2D eigenvalue weighted by Gasteiger charge is 2.62. The van der Waals surface area contributed by atoms with Gasteiger partial charge in [0.15, 0.2) is 13.0 Å². The van der Waals surface area contributed by atoms with E-state index in [-0.39, 0.29) is 28.8 Å². The van der Waals surface area contributed by atoms with E-state index in [4.69, 9.17) is 27.2 Å². The maximum atomic E-state index is 13.2. The van der Waals surface area contributed by atoms with Gasteiger partial charge < -0.3 is 27.2 Å². The number of fused-ring (bicyclic) bond motifs is 2. The molecular weight excluding hydrogens is 627 g/mol. The number of benzene rings is 1. The summed E-state index contributed by atoms with van der Waals surface area (Å²) in [6.07, 6.45) is -0.375. The van der Waals surface area contributed by atoms with Crippen LogP contribution in [-0.4, -0.2) is 69.3 Å². The molecule has 250 valence electrons. The predicted octanol–water partition coefficient (Wildman–Crippen LogP) is 5.14. The number of para-hydroxylation sites is 1. The first-order valence-corrected chi connectivity index (χ1v) is 19.9. The van der Waals surface area contributed by atoms with Crippen LogP contribution in [0.3, 0.4) is 0 Å². The van der Waals surface area contributed by atoms with Crippen LogP contribution in [0.1, 0.15) is 72.0 Å². The molecule has 0 spiro atoms. The molecule has 2 aliphatic rings. The average Bonchev–Trinajstić information content (AvgIpc) is 3.31. The van der Waals surface area contributed by atoms with Crippen LogP contribution < -0.4 is 11.2 Å². The van der Waals surface area contributed by atoms with Crippen molar-refractivity contribution in [3.05, 3.63) is 75.2 Å². The summed E-state index contributed by atoms with van der Waals surface area (Å²) >= 11 is 0. The van der Waals surface area contributed by atoms with E-state index < -0.39 is 65.7 Å². The van der Waals surface area contributed by atoms with Gasteiger partial charge in [0, 0.05) is 23.8 Å². The molecule has 4 heterocycles. The molecule has 14 heteroatoms. The van der Waals surface area contributed by atoms with Crippen LogP contribution in [-0.2, 0) is 27.2 Å². The topological polar surface area (TPSA) is 140 Å². The number of nitrogens with one attached hydrogen (secondary N) is 1. The third-order valence-electron chi connectivity index (χ3n) is 9.06. The smallest absolute Gasteiger partial charge is 0.340 e. The highest BCUT2D eigenvalue weighted by Crippen LogP contribution is 2.48. The van der Waals surface area contributed by atoms with E-state index in [1.54, 1.807) is 18.3 Å². The van der Waals surface area contributed by atoms with Crippen LogP contribution in [0.2, 0.25) is 22.2 Å². The third-order valence-corrected chi connectivity index (χ3v) is 19.3. The second-order valence-electron chi connectivity index (χ2n) is 13.2. The molecule has 2 aromatic heterocycles. The van der Waals surface area contributed by atoms with Crippen molar-refractivity contribution in [3.63, 3.8) is 0 Å². The van der Waals surface area contributed by atoms with Crippen LogP contribution in [0.5, 0.6) is 0 Å². The molecule has 5 rings (SSSR count). The Kier molecular flexibility index (Phi) is 10.2. The SMILES string of the molecule is CC(C)[Si]1(C(C)C)OC[C@H]2O[C@@H](n3ccc(=O)[nH]c3=O)[C@H](OCOC(=O)c3ccnc4ccccc34)[C@@H]2O[Si](C(C)C)(C(C)C)O1. The minimum atomic E-state index is -3.09. The van der Waals surface area contributed by atoms with Gasteiger partial charge in [-0.25, -0.2) is 9.59 Å². The molecule has 2 fully saturated rings. The zero-order chi connectivity index (χ0) is 33.4. The third kappa shape index (κ3) is 6.31. The molecule has 46 heavy (non-hydrogen) atoms. The Morgan fingerprint density at radius 2 is 1.65 bits per heavy atom. The summed E-state index contributed by atoms with van der Waals surface area (Å²) in [6, 6.07) is 10.1. The van der Waals surface area contributed by atoms with Crippen LogP contribution in [0.4, 0.5) is 0 Å². The number of aromatic amines is 1. The molecule has 0 aliphatic carbocycles. The van der Waals surface area contributed by atoms with E-state index in [1.165, 1.54) is 16.8 Å². The summed E-state index contributed by atoms with van der Waals surface area (Å²) in [5, 5.41) is 0.655. The minimum Gasteiger partial charge on any atom is -0.435 e. The van der Waals surface area contributed by atoms with Gasteiger partial charge >= 0.3 is 28.8 Å². The van der Waals surface area contributed by atoms with E-state index >= 15 is 0 Å². The van der Waals surface area contributed by atoms with Gasteiger partial charge in [0.1, 0.15) is 18.3 Å². The van der Waals surface area contributed by atoms with Crippen molar-refractivity contribution in [3.8, 4) is 0 Å². The van der Waals surface area contributed by atoms with E-state index in [2.05, 4.69) is 65.4 Å². The number of hydrogen-bond donors (Lipinski definition) is 1. The minimum absolute atomic E-state index is 0.0347. The highest BCUT2D eigenvalue weighted by molar-refractivity contribution is 6.84. The fourth-order valence-corrected chi connectivity index (χ4v) is 17.9. The van der Waals surface area contributed by atoms with Crippen molar-refractivity contribution >= 4 is 34.0 Å². The molecule has 12 nitrogen and oxygen atoms in total. The summed E-state index contributed by atoms with van der Waals surface area (Å²) in [5.41, 5.74) is 0.142. The first kappa shape index (κ1) is 34.4. The molecule has 4 atom stereocenters. The molecule has 0 amide bonds. The Morgan fingerprint density at radius 3 is 2.30 bits per heavy atom. The first-order chi connectivity index (χ1) is 21.8. The van der Waals surface area contributed by atoms with Gasteiger partial charge in [-0.3, -0.25) is 19.3 Å². The molecule has 0 unspecified atom stereocenters. The molecule has 2 aliphatic heterocycles. The van der Waals surface area contributed by atoms with Crippen molar-refractivity contribution in [2.24, 2.45) is 0 Å². The van der Waals surface area contributed by atoms with Gasteiger partial charge in [-0.2, -0.15) is 0 Å². The number of ether oxygens (including phenoxy) is 3. The zero-order valence-electron chi connectivity index (χ0n) is 27.7. The normalized spacial score (nSPS) is 24.3. The van der Waals surface area contributed by atoms with Crippen molar-refractivity contribution in [1.29, 1.82) is 0 Å². The molecule has 0 bridgehead atoms. The monoisotopic (exact) mass is 671 g/mol. The Labute approximate surface area is 270 Å². The predicted molar refractivity (Wildman–Crippen MR) is 176 cm³/mol. The number of hydrogen-bond acceptors (Lipinski definition) is 10. The Morgan fingerprint density at radius 1 is 0.978 bits per heavy atom. The van der Waals surface area contributed by atoms with E-state index in [1.807, 2.05) is 18.2 Å². The van der Waals surface area contributed by atoms with Crippen LogP contribution in [0, 0.1) is 0 Å². The number of rotatable bonds is 9. The lowest BCUT2D eigenvalue weighted by atomic mass is 10.1. The van der Waals surface area contributed by atoms with Gasteiger partial charge in [-0.1, -0.05) is 73.6 Å². The molecule has 1 N–H and O–H groups in total. The second kappa shape index (κ2) is 13.6. The molecule has 0 radical (unpaired) electrons. The van der Waals surface area contributed by atoms with Crippen molar-refractivity contribution < 1.29 is 32.0 Å². The van der Waals surface area contributed by atoms with Crippen LogP contribution in [0.15, 0.2) is 58.4 Å². The number of H-pyrrole nitrogens is 1. The van der Waals surface area contributed by atoms with Gasteiger partial charge in [-0.15, -0.1) is 0 Å². The van der Waals surface area contributed by atoms with Gasteiger partial charge in [0.25, 0.3) is 5.56 Å². The van der Waals surface area contributed by atoms with Crippen LogP contribution in [0.25, 0.3) is 10.9 Å². The van der Waals surface area contributed by atoms with Gasteiger partial charge in [-0.05, 0) is 34.3 Å². The first-order valence-electron chi connectivity index (χ1n) is 15.9. The zero-order valence-corrected chi connectivity index (χ0v) is 29.7. The van der Waals surface area contributed by atoms with Crippen molar-refractivity contribution in [2.45, 2.75) is 102 Å². The molecular formula is C32H45N3O9Si2. The van der Waals surface area contributed by atoms with Crippen LogP contribution >= 0.6 is 0 Å². The maximum absolute atomic E-state index is 13.2. The number of esters is 1. The average molecular weight is 672 g/mol. The molecule has 2 saturated heterocycles. The maximum Gasteiger partial charge on any atom is 0.340 e.